The molecule has 152 valence electrons. The van der Waals surface area contributed by atoms with Crippen molar-refractivity contribution >= 4 is 5.91 Å². The number of carbonyl (C=O) groups excluding carboxylic acids is 1. The zero-order valence-corrected chi connectivity index (χ0v) is 17.3. The minimum atomic E-state index is -0.108. The topological polar surface area (TPSA) is 56.5 Å². The lowest BCUT2D eigenvalue weighted by atomic mass is 10.1. The van der Waals surface area contributed by atoms with Crippen molar-refractivity contribution in [2.75, 3.05) is 6.61 Å². The van der Waals surface area contributed by atoms with Gasteiger partial charge < -0.3 is 4.74 Å². The van der Waals surface area contributed by atoms with Crippen LogP contribution in [0.25, 0.3) is 5.69 Å². The Hall–Kier alpha value is -2.43. The molecule has 2 rings (SSSR count). The number of unbranched alkanes of at least 4 members (excludes halogenated alkanes) is 6. The number of amides is 1. The number of aromatic nitrogens is 2. The van der Waals surface area contributed by atoms with E-state index in [0.29, 0.717) is 24.3 Å². The summed E-state index contributed by atoms with van der Waals surface area (Å²) in [5.41, 5.74) is 0.921. The SMILES string of the molecule is CCCCCCCCOc1cc(=NC(=O)CCCC)cnn1-c1ccccc1. The average Bonchev–Trinajstić information content (AvgIpc) is 2.72. The highest BCUT2D eigenvalue weighted by Gasteiger charge is 2.06. The molecule has 2 aromatic rings. The Morgan fingerprint density at radius 1 is 1.00 bits per heavy atom. The fourth-order valence-corrected chi connectivity index (χ4v) is 2.91. The number of hydrogen-bond donors (Lipinski definition) is 0. The fraction of sp³-hybridized carbons (Fsp3) is 0.522. The first-order valence-corrected chi connectivity index (χ1v) is 10.6. The second-order valence-corrected chi connectivity index (χ2v) is 7.02. The van der Waals surface area contributed by atoms with E-state index >= 15 is 0 Å². The molecule has 1 aromatic heterocycles. The van der Waals surface area contributed by atoms with Crippen molar-refractivity contribution in [3.8, 4) is 11.6 Å². The maximum atomic E-state index is 12.0. The van der Waals surface area contributed by atoms with E-state index in [1.807, 2.05) is 30.3 Å². The molecule has 5 heteroatoms. The Morgan fingerprint density at radius 3 is 2.46 bits per heavy atom. The van der Waals surface area contributed by atoms with Crippen molar-refractivity contribution < 1.29 is 9.53 Å². The molecule has 0 aliphatic rings. The molecular formula is C23H33N3O2. The normalized spacial score (nSPS) is 11.6. The molecular weight excluding hydrogens is 350 g/mol. The van der Waals surface area contributed by atoms with Gasteiger partial charge in [-0.05, 0) is 25.0 Å². The first-order chi connectivity index (χ1) is 13.7. The van der Waals surface area contributed by atoms with Gasteiger partial charge in [0.2, 0.25) is 11.8 Å². The highest BCUT2D eigenvalue weighted by molar-refractivity contribution is 5.76. The van der Waals surface area contributed by atoms with Crippen LogP contribution in [0.2, 0.25) is 0 Å². The van der Waals surface area contributed by atoms with Crippen LogP contribution in [-0.2, 0) is 4.79 Å². The molecule has 0 fully saturated rings. The standard InChI is InChI=1S/C23H33N3O2/c1-3-5-7-8-9-13-17-28-23-18-20(25-22(27)16-6-4-2)19-24-26(23)21-14-11-10-12-15-21/h10-12,14-15,18-19H,3-9,13,16-17H2,1-2H3. The molecule has 0 spiro atoms. The summed E-state index contributed by atoms with van der Waals surface area (Å²) in [6, 6.07) is 11.7. The third-order valence-electron chi connectivity index (χ3n) is 4.53. The van der Waals surface area contributed by atoms with Gasteiger partial charge >= 0.3 is 0 Å². The molecule has 0 unspecified atom stereocenters. The second kappa shape index (κ2) is 12.9. The van der Waals surface area contributed by atoms with Gasteiger partial charge in [0.1, 0.15) is 0 Å². The minimum Gasteiger partial charge on any atom is -0.478 e. The number of ether oxygens (including phenoxy) is 1. The van der Waals surface area contributed by atoms with E-state index in [-0.39, 0.29) is 5.91 Å². The molecule has 1 aromatic carbocycles. The fourth-order valence-electron chi connectivity index (χ4n) is 2.91. The Bertz CT molecular complexity index is 769. The van der Waals surface area contributed by atoms with E-state index in [1.54, 1.807) is 16.9 Å². The summed E-state index contributed by atoms with van der Waals surface area (Å²) < 4.78 is 7.79. The van der Waals surface area contributed by atoms with Crippen LogP contribution >= 0.6 is 0 Å². The molecule has 28 heavy (non-hydrogen) atoms. The quantitative estimate of drug-likeness (QED) is 0.472. The van der Waals surface area contributed by atoms with Crippen molar-refractivity contribution in [2.24, 2.45) is 4.99 Å². The van der Waals surface area contributed by atoms with Crippen LogP contribution in [0.1, 0.15) is 71.6 Å². The Balaban J connectivity index is 2.10. The summed E-state index contributed by atoms with van der Waals surface area (Å²) in [6.07, 6.45) is 11.2. The van der Waals surface area contributed by atoms with Gasteiger partial charge in [-0.15, -0.1) is 0 Å². The molecule has 1 heterocycles. The van der Waals surface area contributed by atoms with Gasteiger partial charge in [-0.25, -0.2) is 9.67 Å². The molecule has 1 amide bonds. The first-order valence-electron chi connectivity index (χ1n) is 10.6. The van der Waals surface area contributed by atoms with Crippen LogP contribution in [0.5, 0.6) is 5.88 Å². The Labute approximate surface area is 168 Å². The molecule has 0 atom stereocenters. The second-order valence-electron chi connectivity index (χ2n) is 7.02. The molecule has 0 saturated carbocycles. The highest BCUT2D eigenvalue weighted by atomic mass is 16.5. The smallest absolute Gasteiger partial charge is 0.246 e. The molecule has 5 nitrogen and oxygen atoms in total. The van der Waals surface area contributed by atoms with Crippen LogP contribution in [0.3, 0.4) is 0 Å². The van der Waals surface area contributed by atoms with Gasteiger partial charge in [0.05, 0.1) is 23.8 Å². The lowest BCUT2D eigenvalue weighted by Gasteiger charge is -2.13. The lowest BCUT2D eigenvalue weighted by molar-refractivity contribution is -0.118. The van der Waals surface area contributed by atoms with E-state index in [9.17, 15) is 4.79 Å². The highest BCUT2D eigenvalue weighted by Crippen LogP contribution is 2.15. The van der Waals surface area contributed by atoms with Crippen LogP contribution in [0, 0.1) is 0 Å². The van der Waals surface area contributed by atoms with Crippen LogP contribution in [0.4, 0.5) is 0 Å². The van der Waals surface area contributed by atoms with Gasteiger partial charge in [-0.2, -0.15) is 5.10 Å². The van der Waals surface area contributed by atoms with E-state index in [1.165, 1.54) is 32.1 Å². The number of rotatable bonds is 12. The maximum absolute atomic E-state index is 12.0. The number of para-hydroxylation sites is 1. The third kappa shape index (κ3) is 7.67. The van der Waals surface area contributed by atoms with Crippen molar-refractivity contribution in [1.29, 1.82) is 0 Å². The molecule has 0 aliphatic carbocycles. The van der Waals surface area contributed by atoms with E-state index in [0.717, 1.165) is 24.9 Å². The number of carbonyl (C=O) groups is 1. The summed E-state index contributed by atoms with van der Waals surface area (Å²) in [5.74, 6) is 0.507. The summed E-state index contributed by atoms with van der Waals surface area (Å²) in [6.45, 7) is 4.92. The van der Waals surface area contributed by atoms with Crippen molar-refractivity contribution in [3.05, 3.63) is 48.0 Å². The first kappa shape index (κ1) is 21.9. The third-order valence-corrected chi connectivity index (χ3v) is 4.53. The van der Waals surface area contributed by atoms with Gasteiger partial charge in [0, 0.05) is 12.5 Å². The van der Waals surface area contributed by atoms with Gasteiger partial charge in [0.15, 0.2) is 0 Å². The summed E-state index contributed by atoms with van der Waals surface area (Å²) in [7, 11) is 0. The molecule has 0 radical (unpaired) electrons. The van der Waals surface area contributed by atoms with Crippen LogP contribution in [0.15, 0.2) is 47.6 Å². The monoisotopic (exact) mass is 383 g/mol. The molecule has 0 bridgehead atoms. The Morgan fingerprint density at radius 2 is 1.71 bits per heavy atom. The number of hydrogen-bond acceptors (Lipinski definition) is 3. The largest absolute Gasteiger partial charge is 0.478 e. The summed E-state index contributed by atoms with van der Waals surface area (Å²) in [5, 5.41) is 5.01. The zero-order valence-electron chi connectivity index (χ0n) is 17.3. The van der Waals surface area contributed by atoms with Crippen LogP contribution in [-0.4, -0.2) is 22.3 Å². The number of benzene rings is 1. The predicted molar refractivity (Wildman–Crippen MR) is 113 cm³/mol. The van der Waals surface area contributed by atoms with Gasteiger partial charge in [-0.3, -0.25) is 4.79 Å². The average molecular weight is 384 g/mol. The van der Waals surface area contributed by atoms with Crippen LogP contribution < -0.4 is 10.1 Å². The van der Waals surface area contributed by atoms with Gasteiger partial charge in [-0.1, -0.05) is 70.6 Å². The predicted octanol–water partition coefficient (Wildman–Crippen LogP) is 5.23. The summed E-state index contributed by atoms with van der Waals surface area (Å²) >= 11 is 0. The lowest BCUT2D eigenvalue weighted by Crippen LogP contribution is -2.15. The van der Waals surface area contributed by atoms with E-state index < -0.39 is 0 Å². The van der Waals surface area contributed by atoms with E-state index in [4.69, 9.17) is 4.74 Å². The molecule has 0 aliphatic heterocycles. The van der Waals surface area contributed by atoms with E-state index in [2.05, 4.69) is 23.9 Å². The molecule has 0 N–H and O–H groups in total. The van der Waals surface area contributed by atoms with Crippen molar-refractivity contribution in [1.82, 2.24) is 9.78 Å². The minimum absolute atomic E-state index is 0.108. The maximum Gasteiger partial charge on any atom is 0.246 e. The van der Waals surface area contributed by atoms with Gasteiger partial charge in [0.25, 0.3) is 0 Å². The van der Waals surface area contributed by atoms with Crippen molar-refractivity contribution in [2.45, 2.75) is 71.6 Å². The summed E-state index contributed by atoms with van der Waals surface area (Å²) in [4.78, 5) is 16.2. The molecule has 0 saturated heterocycles. The number of nitrogens with zero attached hydrogens (tertiary/aromatic N) is 3. The zero-order chi connectivity index (χ0) is 20.0. The van der Waals surface area contributed by atoms with Crippen molar-refractivity contribution in [3.63, 3.8) is 0 Å². The Kier molecular flexibility index (Phi) is 10.0.